The van der Waals surface area contributed by atoms with Crippen molar-refractivity contribution < 1.29 is 70.4 Å². The molecule has 0 N–H and O–H groups in total. The fourth-order valence-corrected chi connectivity index (χ4v) is 1.87. The number of aromatic nitrogens is 1. The predicted molar refractivity (Wildman–Crippen MR) is 62.4 cm³/mol. The van der Waals surface area contributed by atoms with E-state index in [1.165, 1.54) is 0 Å². The fourth-order valence-electron chi connectivity index (χ4n) is 1.87. The maximum Gasteiger partial charge on any atom is 0.460 e. The average molecular weight is 462 g/mol. The molecule has 1 rings (SSSR count). The Balaban J connectivity index is 3.49. The van der Waals surface area contributed by atoms with Gasteiger partial charge in [-0.2, -0.15) is 70.4 Å². The van der Waals surface area contributed by atoms with Crippen LogP contribution >= 0.6 is 0 Å². The van der Waals surface area contributed by atoms with Crippen molar-refractivity contribution in [3.05, 3.63) is 30.6 Å². The van der Waals surface area contributed by atoms with Gasteiger partial charge in [0.05, 0.1) is 0 Å². The van der Waals surface area contributed by atoms with E-state index < -0.39 is 48.3 Å². The van der Waals surface area contributed by atoms with Crippen LogP contribution in [0.5, 0.6) is 0 Å². The number of nitrogens with zero attached hydrogens (tertiary/aromatic N) is 1. The third-order valence-corrected chi connectivity index (χ3v) is 3.55. The summed E-state index contributed by atoms with van der Waals surface area (Å²) < 4.78 is 195. The lowest BCUT2D eigenvalue weighted by Crippen LogP contribution is -2.73. The Bertz CT molecular complexity index is 707. The van der Waals surface area contributed by atoms with Gasteiger partial charge in [-0.15, -0.1) is 0 Å². The van der Waals surface area contributed by atoms with Crippen LogP contribution in [0, 0.1) is 0 Å². The highest BCUT2D eigenvalue weighted by atomic mass is 19.4. The molecule has 0 aliphatic rings. The Hall–Kier alpha value is -1.90. The molecule has 0 aliphatic heterocycles. The highest BCUT2D eigenvalue weighted by Crippen LogP contribution is 2.62. The van der Waals surface area contributed by atoms with Crippen LogP contribution in [0.25, 0.3) is 0 Å². The lowest BCUT2D eigenvalue weighted by atomic mass is 9.91. The summed E-state index contributed by atoms with van der Waals surface area (Å²) in [4.78, 5) is 0. The summed E-state index contributed by atoms with van der Waals surface area (Å²) in [5.74, 6) is -46.3. The molecule has 0 fully saturated rings. The first-order valence-electron chi connectivity index (χ1n) is 6.85. The Morgan fingerprint density at radius 3 is 1.17 bits per heavy atom. The standard InChI is InChI=1S/C13H7F15N/c14-7(15,6-29-4-2-1-3-5-29)8(16,17)9(18,19)10(20,21)11(22,23)12(24,25)13(26,27)28/h1-5H,6H2/q+1. The van der Waals surface area contributed by atoms with Crippen molar-refractivity contribution in [2.24, 2.45) is 0 Å². The quantitative estimate of drug-likeness (QED) is 0.380. The molecule has 16 heteroatoms. The SMILES string of the molecule is FC(F)(F)C(F)(F)C(F)(F)C(F)(F)C(F)(F)C(F)(F)C(F)(F)C[n+]1ccccc1. The van der Waals surface area contributed by atoms with Crippen molar-refractivity contribution >= 4 is 0 Å². The van der Waals surface area contributed by atoms with Crippen molar-refractivity contribution in [3.63, 3.8) is 0 Å². The lowest BCUT2D eigenvalue weighted by molar-refractivity contribution is -0.719. The third kappa shape index (κ3) is 3.58. The van der Waals surface area contributed by atoms with Gasteiger partial charge in [-0.3, -0.25) is 0 Å². The molecular weight excluding hydrogens is 455 g/mol. The molecule has 0 saturated heterocycles. The van der Waals surface area contributed by atoms with Gasteiger partial charge in [0.2, 0.25) is 6.54 Å². The normalized spacial score (nSPS) is 15.6. The molecule has 0 aromatic carbocycles. The van der Waals surface area contributed by atoms with Gasteiger partial charge in [-0.05, 0) is 0 Å². The van der Waals surface area contributed by atoms with Crippen molar-refractivity contribution in [1.29, 1.82) is 0 Å². The van der Waals surface area contributed by atoms with E-state index in [1.807, 2.05) is 0 Å². The number of alkyl halides is 15. The first-order chi connectivity index (χ1) is 12.6. The van der Waals surface area contributed by atoms with Gasteiger partial charge >= 0.3 is 41.7 Å². The summed E-state index contributed by atoms with van der Waals surface area (Å²) in [6.45, 7) is -2.53. The van der Waals surface area contributed by atoms with Crippen LogP contribution in [0.15, 0.2) is 30.6 Å². The van der Waals surface area contributed by atoms with Gasteiger partial charge in [-0.25, -0.2) is 0 Å². The summed E-state index contributed by atoms with van der Waals surface area (Å²) in [5.41, 5.74) is 0. The van der Waals surface area contributed by atoms with Crippen molar-refractivity contribution in [1.82, 2.24) is 0 Å². The second-order valence-corrected chi connectivity index (χ2v) is 5.62. The number of halogens is 15. The summed E-state index contributed by atoms with van der Waals surface area (Å²) in [6.07, 6.45) is -6.53. The summed E-state index contributed by atoms with van der Waals surface area (Å²) >= 11 is 0. The molecular formula is C13H7F15N+. The maximum atomic E-state index is 13.6. The lowest BCUT2D eigenvalue weighted by Gasteiger charge is -2.40. The van der Waals surface area contributed by atoms with Gasteiger partial charge in [0.1, 0.15) is 0 Å². The minimum absolute atomic E-state index is 0.0184. The van der Waals surface area contributed by atoms with Gasteiger partial charge in [0.15, 0.2) is 12.4 Å². The largest absolute Gasteiger partial charge is 0.460 e. The molecule has 1 aromatic rings. The monoisotopic (exact) mass is 462 g/mol. The Labute approximate surface area is 150 Å². The topological polar surface area (TPSA) is 3.88 Å². The van der Waals surface area contributed by atoms with Crippen LogP contribution in [0.4, 0.5) is 65.9 Å². The summed E-state index contributed by atoms with van der Waals surface area (Å²) in [6, 6.07) is 2.85. The third-order valence-electron chi connectivity index (χ3n) is 3.55. The van der Waals surface area contributed by atoms with Crippen LogP contribution in [0.2, 0.25) is 0 Å². The van der Waals surface area contributed by atoms with E-state index in [0.717, 1.165) is 18.2 Å². The molecule has 0 spiro atoms. The molecule has 168 valence electrons. The maximum absolute atomic E-state index is 13.6. The molecule has 0 amide bonds. The van der Waals surface area contributed by atoms with Crippen LogP contribution in [-0.2, 0) is 6.54 Å². The van der Waals surface area contributed by atoms with Crippen LogP contribution in [0.1, 0.15) is 0 Å². The zero-order chi connectivity index (χ0) is 23.3. The van der Waals surface area contributed by atoms with E-state index in [9.17, 15) is 65.9 Å². The zero-order valence-corrected chi connectivity index (χ0v) is 13.2. The van der Waals surface area contributed by atoms with Crippen molar-refractivity contribution in [3.8, 4) is 0 Å². The molecule has 0 radical (unpaired) electrons. The second kappa shape index (κ2) is 6.82. The van der Waals surface area contributed by atoms with E-state index in [4.69, 9.17) is 0 Å². The molecule has 0 unspecified atom stereocenters. The Morgan fingerprint density at radius 1 is 0.448 bits per heavy atom. The highest BCUT2D eigenvalue weighted by Gasteiger charge is 2.93. The summed E-state index contributed by atoms with van der Waals surface area (Å²) in [5, 5.41) is 0. The highest BCUT2D eigenvalue weighted by molar-refractivity contribution is 5.12. The molecule has 1 heterocycles. The molecule has 29 heavy (non-hydrogen) atoms. The van der Waals surface area contributed by atoms with E-state index in [-0.39, 0.29) is 4.57 Å². The predicted octanol–water partition coefficient (Wildman–Crippen LogP) is 5.35. The van der Waals surface area contributed by atoms with Gasteiger partial charge in [0, 0.05) is 12.1 Å². The van der Waals surface area contributed by atoms with Crippen LogP contribution < -0.4 is 4.57 Å². The number of hydrogen-bond acceptors (Lipinski definition) is 0. The number of hydrogen-bond donors (Lipinski definition) is 0. The fraction of sp³-hybridized carbons (Fsp3) is 0.615. The minimum atomic E-state index is -8.26. The summed E-state index contributed by atoms with van der Waals surface area (Å²) in [7, 11) is 0. The van der Waals surface area contributed by atoms with Gasteiger partial charge < -0.3 is 0 Å². The average Bonchev–Trinajstić information content (AvgIpc) is 2.53. The first-order valence-corrected chi connectivity index (χ1v) is 6.85. The molecule has 0 saturated carbocycles. The van der Waals surface area contributed by atoms with Crippen LogP contribution in [0.3, 0.4) is 0 Å². The molecule has 1 nitrogen and oxygen atoms in total. The molecule has 0 atom stereocenters. The van der Waals surface area contributed by atoms with Crippen molar-refractivity contribution in [2.45, 2.75) is 48.3 Å². The molecule has 1 aromatic heterocycles. The number of pyridine rings is 1. The van der Waals surface area contributed by atoms with Gasteiger partial charge in [0.25, 0.3) is 0 Å². The van der Waals surface area contributed by atoms with E-state index in [2.05, 4.69) is 0 Å². The van der Waals surface area contributed by atoms with E-state index in [1.54, 1.807) is 0 Å². The second-order valence-electron chi connectivity index (χ2n) is 5.62. The zero-order valence-electron chi connectivity index (χ0n) is 13.2. The van der Waals surface area contributed by atoms with Gasteiger partial charge in [-0.1, -0.05) is 6.07 Å². The van der Waals surface area contributed by atoms with Crippen LogP contribution in [-0.4, -0.2) is 41.7 Å². The van der Waals surface area contributed by atoms with E-state index >= 15 is 0 Å². The van der Waals surface area contributed by atoms with Crippen molar-refractivity contribution in [2.75, 3.05) is 0 Å². The minimum Gasteiger partial charge on any atom is -0.199 e. The Kier molecular flexibility index (Phi) is 5.91. The number of rotatable bonds is 7. The smallest absolute Gasteiger partial charge is 0.199 e. The van der Waals surface area contributed by atoms with E-state index in [0.29, 0.717) is 12.4 Å². The Morgan fingerprint density at radius 2 is 0.793 bits per heavy atom. The first kappa shape index (κ1) is 25.1. The molecule has 0 aliphatic carbocycles. The molecule has 0 bridgehead atoms.